The van der Waals surface area contributed by atoms with E-state index in [2.05, 4.69) is 35.4 Å². The molecule has 1 unspecified atom stereocenters. The molecule has 3 N–H and O–H groups in total. The molecule has 0 amide bonds. The van der Waals surface area contributed by atoms with E-state index in [-0.39, 0.29) is 0 Å². The zero-order valence-electron chi connectivity index (χ0n) is 10.5. The summed E-state index contributed by atoms with van der Waals surface area (Å²) in [6.07, 6.45) is 1.85. The minimum atomic E-state index is 0.522. The quantitative estimate of drug-likeness (QED) is 0.816. The van der Waals surface area contributed by atoms with Crippen LogP contribution < -0.4 is 11.1 Å². The van der Waals surface area contributed by atoms with Crippen molar-refractivity contribution in [3.05, 3.63) is 30.1 Å². The van der Waals surface area contributed by atoms with Gasteiger partial charge in [-0.05, 0) is 36.7 Å². The fourth-order valence-corrected chi connectivity index (χ4v) is 1.84. The maximum absolute atomic E-state index is 5.58. The van der Waals surface area contributed by atoms with E-state index >= 15 is 0 Å². The minimum Gasteiger partial charge on any atom is -0.334 e. The summed E-state index contributed by atoms with van der Waals surface area (Å²) < 4.78 is 2.03. The maximum Gasteiger partial charge on any atom is 0.0955 e. The van der Waals surface area contributed by atoms with Crippen molar-refractivity contribution < 1.29 is 0 Å². The van der Waals surface area contributed by atoms with Gasteiger partial charge in [0.25, 0.3) is 0 Å². The highest BCUT2D eigenvalue weighted by Crippen LogP contribution is 2.13. The van der Waals surface area contributed by atoms with Gasteiger partial charge >= 0.3 is 0 Å². The Bertz CT molecular complexity index is 489. The molecule has 0 saturated carbocycles. The fraction of sp³-hybridized carbons (Fsp3) is 0.462. The molecule has 17 heavy (non-hydrogen) atoms. The van der Waals surface area contributed by atoms with Crippen LogP contribution in [0.4, 0.5) is 0 Å². The molecule has 0 spiro atoms. The van der Waals surface area contributed by atoms with Crippen molar-refractivity contribution in [1.29, 1.82) is 0 Å². The first-order valence-corrected chi connectivity index (χ1v) is 6.01. The number of hydrogen-bond donors (Lipinski definition) is 2. The highest BCUT2D eigenvalue weighted by atomic mass is 15.0. The molecule has 0 aliphatic carbocycles. The van der Waals surface area contributed by atoms with Crippen LogP contribution in [0.3, 0.4) is 0 Å². The Morgan fingerprint density at radius 1 is 1.47 bits per heavy atom. The monoisotopic (exact) mass is 232 g/mol. The lowest BCUT2D eigenvalue weighted by Gasteiger charge is -2.09. The maximum atomic E-state index is 5.58. The van der Waals surface area contributed by atoms with E-state index in [1.54, 1.807) is 0 Å². The van der Waals surface area contributed by atoms with Crippen molar-refractivity contribution in [3.63, 3.8) is 0 Å². The van der Waals surface area contributed by atoms with Crippen LogP contribution in [0.5, 0.6) is 0 Å². The van der Waals surface area contributed by atoms with Gasteiger partial charge in [-0.1, -0.05) is 13.0 Å². The zero-order valence-corrected chi connectivity index (χ0v) is 10.5. The lowest BCUT2D eigenvalue weighted by Crippen LogP contribution is -2.25. The van der Waals surface area contributed by atoms with Crippen LogP contribution in [0.2, 0.25) is 0 Å². The number of nitrogens with zero attached hydrogens (tertiary/aromatic N) is 2. The first-order valence-electron chi connectivity index (χ1n) is 6.01. The van der Waals surface area contributed by atoms with E-state index in [0.717, 1.165) is 25.2 Å². The van der Waals surface area contributed by atoms with Gasteiger partial charge in [-0.25, -0.2) is 4.98 Å². The summed E-state index contributed by atoms with van der Waals surface area (Å²) in [5.41, 5.74) is 9.06. The lowest BCUT2D eigenvalue weighted by molar-refractivity contribution is 0.522. The first-order chi connectivity index (χ1) is 8.20. The highest BCUT2D eigenvalue weighted by Gasteiger charge is 2.02. The molecule has 1 atom stereocenters. The van der Waals surface area contributed by atoms with Crippen LogP contribution in [0.15, 0.2) is 24.5 Å². The molecule has 1 heterocycles. The molecule has 2 aromatic rings. The predicted octanol–water partition coefficient (Wildman–Crippen LogP) is 1.26. The van der Waals surface area contributed by atoms with Crippen molar-refractivity contribution in [2.24, 2.45) is 18.7 Å². The number of imidazole rings is 1. The molecule has 4 heteroatoms. The third-order valence-electron chi connectivity index (χ3n) is 3.01. The number of fused-ring (bicyclic) bond motifs is 1. The molecule has 2 rings (SSSR count). The smallest absolute Gasteiger partial charge is 0.0955 e. The van der Waals surface area contributed by atoms with E-state index in [9.17, 15) is 0 Å². The Morgan fingerprint density at radius 2 is 2.29 bits per heavy atom. The summed E-state index contributed by atoms with van der Waals surface area (Å²) in [5, 5.41) is 3.41. The van der Waals surface area contributed by atoms with Gasteiger partial charge in [0.15, 0.2) is 0 Å². The van der Waals surface area contributed by atoms with E-state index < -0.39 is 0 Å². The second-order valence-electron chi connectivity index (χ2n) is 4.65. The molecule has 0 bridgehead atoms. The number of aryl methyl sites for hydroxylation is 1. The Labute approximate surface area is 102 Å². The topological polar surface area (TPSA) is 55.9 Å². The molecular formula is C13H20N4. The van der Waals surface area contributed by atoms with Gasteiger partial charge < -0.3 is 15.6 Å². The van der Waals surface area contributed by atoms with E-state index in [1.165, 1.54) is 11.1 Å². The predicted molar refractivity (Wildman–Crippen MR) is 70.6 cm³/mol. The number of nitrogens with two attached hydrogens (primary N) is 1. The van der Waals surface area contributed by atoms with Gasteiger partial charge in [0, 0.05) is 13.6 Å². The van der Waals surface area contributed by atoms with Crippen molar-refractivity contribution >= 4 is 11.0 Å². The summed E-state index contributed by atoms with van der Waals surface area (Å²) in [6, 6.07) is 6.39. The average Bonchev–Trinajstić information content (AvgIpc) is 2.70. The minimum absolute atomic E-state index is 0.522. The van der Waals surface area contributed by atoms with Gasteiger partial charge in [-0.15, -0.1) is 0 Å². The third kappa shape index (κ3) is 2.84. The Balaban J connectivity index is 1.99. The van der Waals surface area contributed by atoms with Crippen molar-refractivity contribution in [1.82, 2.24) is 14.9 Å². The second kappa shape index (κ2) is 5.29. The molecule has 4 nitrogen and oxygen atoms in total. The van der Waals surface area contributed by atoms with Crippen LogP contribution >= 0.6 is 0 Å². The summed E-state index contributed by atoms with van der Waals surface area (Å²) in [5.74, 6) is 0.522. The SMILES string of the molecule is CC(CN)CNCc1ccc2c(c1)ncn2C. The lowest BCUT2D eigenvalue weighted by atomic mass is 10.1. The summed E-state index contributed by atoms with van der Waals surface area (Å²) in [4.78, 5) is 4.35. The van der Waals surface area contributed by atoms with Crippen LogP contribution in [0.25, 0.3) is 11.0 Å². The number of benzene rings is 1. The molecule has 0 fully saturated rings. The van der Waals surface area contributed by atoms with Gasteiger partial charge in [0.2, 0.25) is 0 Å². The first kappa shape index (κ1) is 12.1. The standard InChI is InChI=1S/C13H20N4/c1-10(6-14)7-15-8-11-3-4-13-12(5-11)16-9-17(13)2/h3-5,9-10,15H,6-8,14H2,1-2H3. The summed E-state index contributed by atoms with van der Waals surface area (Å²) in [6.45, 7) is 4.70. The molecule has 92 valence electrons. The molecule has 0 aliphatic heterocycles. The van der Waals surface area contributed by atoms with Gasteiger partial charge in [-0.2, -0.15) is 0 Å². The highest BCUT2D eigenvalue weighted by molar-refractivity contribution is 5.75. The molecular weight excluding hydrogens is 212 g/mol. The number of nitrogens with one attached hydrogen (secondary N) is 1. The van der Waals surface area contributed by atoms with E-state index in [1.807, 2.05) is 17.9 Å². The average molecular weight is 232 g/mol. The van der Waals surface area contributed by atoms with E-state index in [0.29, 0.717) is 5.92 Å². The van der Waals surface area contributed by atoms with Gasteiger partial charge in [-0.3, -0.25) is 0 Å². The molecule has 0 aliphatic rings. The largest absolute Gasteiger partial charge is 0.334 e. The van der Waals surface area contributed by atoms with Crippen LogP contribution in [0.1, 0.15) is 12.5 Å². The summed E-state index contributed by atoms with van der Waals surface area (Å²) >= 11 is 0. The number of hydrogen-bond acceptors (Lipinski definition) is 3. The zero-order chi connectivity index (χ0) is 12.3. The molecule has 0 saturated heterocycles. The second-order valence-corrected chi connectivity index (χ2v) is 4.65. The molecule has 1 aromatic heterocycles. The normalized spacial score (nSPS) is 13.1. The number of rotatable bonds is 5. The van der Waals surface area contributed by atoms with Crippen molar-refractivity contribution in [2.45, 2.75) is 13.5 Å². The van der Waals surface area contributed by atoms with Crippen molar-refractivity contribution in [3.8, 4) is 0 Å². The van der Waals surface area contributed by atoms with Crippen molar-refractivity contribution in [2.75, 3.05) is 13.1 Å². The van der Waals surface area contributed by atoms with Crippen LogP contribution in [0, 0.1) is 5.92 Å². The molecule has 1 aromatic carbocycles. The Kier molecular flexibility index (Phi) is 3.76. The summed E-state index contributed by atoms with van der Waals surface area (Å²) in [7, 11) is 2.01. The van der Waals surface area contributed by atoms with Crippen LogP contribution in [-0.2, 0) is 13.6 Å². The fourth-order valence-electron chi connectivity index (χ4n) is 1.84. The number of aromatic nitrogens is 2. The molecule has 0 radical (unpaired) electrons. The van der Waals surface area contributed by atoms with Gasteiger partial charge in [0.1, 0.15) is 0 Å². The van der Waals surface area contributed by atoms with Gasteiger partial charge in [0.05, 0.1) is 17.4 Å². The Morgan fingerprint density at radius 3 is 3.06 bits per heavy atom. The van der Waals surface area contributed by atoms with Crippen LogP contribution in [-0.4, -0.2) is 22.6 Å². The third-order valence-corrected chi connectivity index (χ3v) is 3.01. The van der Waals surface area contributed by atoms with E-state index in [4.69, 9.17) is 5.73 Å². The Hall–Kier alpha value is -1.39.